The lowest BCUT2D eigenvalue weighted by Gasteiger charge is -2.13. The molecular weight excluding hydrogens is 228 g/mol. The molecule has 0 radical (unpaired) electrons. The van der Waals surface area contributed by atoms with Gasteiger partial charge in [0.2, 0.25) is 0 Å². The van der Waals surface area contributed by atoms with Crippen LogP contribution in [0.3, 0.4) is 0 Å². The molecule has 0 fully saturated rings. The van der Waals surface area contributed by atoms with E-state index in [1.807, 2.05) is 36.4 Å². The summed E-state index contributed by atoms with van der Waals surface area (Å²) in [6.45, 7) is 0.429. The Hall–Kier alpha value is -2.11. The van der Waals surface area contributed by atoms with Crippen LogP contribution in [0.25, 0.3) is 0 Å². The van der Waals surface area contributed by atoms with Gasteiger partial charge in [0.15, 0.2) is 0 Å². The summed E-state index contributed by atoms with van der Waals surface area (Å²) in [5.74, 6) is 5.85. The Morgan fingerprint density at radius 3 is 2.72 bits per heavy atom. The number of aliphatic hydroxyl groups is 1. The molecule has 1 unspecified atom stereocenters. The molecule has 0 saturated heterocycles. The van der Waals surface area contributed by atoms with Crippen LogP contribution in [0.2, 0.25) is 0 Å². The molecule has 5 heteroatoms. The molecule has 0 spiro atoms. The Morgan fingerprint density at radius 1 is 1.22 bits per heavy atom. The molecule has 1 heterocycles. The fraction of sp³-hybridized carbons (Fsp3) is 0.154. The lowest BCUT2D eigenvalue weighted by molar-refractivity contribution is 0.191. The van der Waals surface area contributed by atoms with Gasteiger partial charge in [0.25, 0.3) is 0 Å². The van der Waals surface area contributed by atoms with Gasteiger partial charge in [0.1, 0.15) is 5.82 Å². The lowest BCUT2D eigenvalue weighted by Crippen LogP contribution is -2.13. The molecule has 2 rings (SSSR count). The number of nitrogens with zero attached hydrogens (tertiary/aromatic N) is 1. The molecule has 94 valence electrons. The quantitative estimate of drug-likeness (QED) is 0.473. The number of hydrazine groups is 1. The zero-order chi connectivity index (χ0) is 12.8. The number of benzene rings is 1. The predicted molar refractivity (Wildman–Crippen MR) is 71.9 cm³/mol. The molecule has 0 aliphatic heterocycles. The van der Waals surface area contributed by atoms with Crippen LogP contribution in [-0.2, 0) is 0 Å². The van der Waals surface area contributed by atoms with Crippen molar-refractivity contribution >= 4 is 11.5 Å². The van der Waals surface area contributed by atoms with E-state index in [0.29, 0.717) is 12.4 Å². The maximum absolute atomic E-state index is 9.99. The van der Waals surface area contributed by atoms with Gasteiger partial charge in [-0.05, 0) is 11.6 Å². The molecule has 1 aromatic carbocycles. The summed E-state index contributed by atoms with van der Waals surface area (Å²) < 4.78 is 0. The minimum atomic E-state index is -0.548. The zero-order valence-corrected chi connectivity index (χ0v) is 9.88. The molecule has 1 aromatic heterocycles. The van der Waals surface area contributed by atoms with Crippen LogP contribution in [0, 0.1) is 0 Å². The number of nitrogens with two attached hydrogens (primary N) is 1. The van der Waals surface area contributed by atoms with Gasteiger partial charge in [-0.2, -0.15) is 0 Å². The highest BCUT2D eigenvalue weighted by Crippen LogP contribution is 2.15. The molecule has 0 saturated carbocycles. The van der Waals surface area contributed by atoms with Crippen molar-refractivity contribution in [1.29, 1.82) is 0 Å². The van der Waals surface area contributed by atoms with E-state index >= 15 is 0 Å². The Morgan fingerprint density at radius 2 is 2.00 bits per heavy atom. The van der Waals surface area contributed by atoms with Crippen LogP contribution in [-0.4, -0.2) is 16.6 Å². The van der Waals surface area contributed by atoms with Crippen LogP contribution in [0.4, 0.5) is 11.5 Å². The van der Waals surface area contributed by atoms with Gasteiger partial charge >= 0.3 is 0 Å². The molecule has 0 aliphatic carbocycles. The number of pyridine rings is 1. The summed E-state index contributed by atoms with van der Waals surface area (Å²) in [5.41, 5.74) is 4.21. The number of nitrogen functional groups attached to an aromatic ring is 1. The number of hydrogen-bond donors (Lipinski definition) is 4. The fourth-order valence-corrected chi connectivity index (χ4v) is 1.63. The summed E-state index contributed by atoms with van der Waals surface area (Å²) in [4.78, 5) is 4.00. The number of hydrogen-bond acceptors (Lipinski definition) is 5. The van der Waals surface area contributed by atoms with Crippen molar-refractivity contribution in [2.75, 3.05) is 17.3 Å². The molecule has 5 nitrogen and oxygen atoms in total. The predicted octanol–water partition coefficient (Wildman–Crippen LogP) is 1.51. The number of anilines is 2. The summed E-state index contributed by atoms with van der Waals surface area (Å²) >= 11 is 0. The van der Waals surface area contributed by atoms with E-state index in [4.69, 9.17) is 5.84 Å². The van der Waals surface area contributed by atoms with Crippen molar-refractivity contribution in [3.8, 4) is 0 Å². The first-order chi connectivity index (χ1) is 8.79. The Balaban J connectivity index is 1.95. The Kier molecular flexibility index (Phi) is 4.11. The standard InChI is InChI=1S/C13H16N4O/c14-17-13-8-11(6-7-15-13)16-9-12(18)10-4-2-1-3-5-10/h1-8,12,18H,9,14H2,(H2,15,16,17). The Bertz CT molecular complexity index is 489. The van der Waals surface area contributed by atoms with Crippen LogP contribution in [0.15, 0.2) is 48.7 Å². The fourth-order valence-electron chi connectivity index (χ4n) is 1.63. The maximum atomic E-state index is 9.99. The second-order valence-corrected chi connectivity index (χ2v) is 3.88. The maximum Gasteiger partial charge on any atom is 0.141 e. The van der Waals surface area contributed by atoms with Gasteiger partial charge < -0.3 is 15.8 Å². The summed E-state index contributed by atoms with van der Waals surface area (Å²) in [5, 5.41) is 13.1. The summed E-state index contributed by atoms with van der Waals surface area (Å²) in [7, 11) is 0. The van der Waals surface area contributed by atoms with Gasteiger partial charge in [0, 0.05) is 24.5 Å². The second kappa shape index (κ2) is 6.00. The third-order valence-corrected chi connectivity index (χ3v) is 2.59. The second-order valence-electron chi connectivity index (χ2n) is 3.88. The van der Waals surface area contributed by atoms with Crippen LogP contribution in [0.5, 0.6) is 0 Å². The van der Waals surface area contributed by atoms with E-state index in [1.54, 1.807) is 12.3 Å². The van der Waals surface area contributed by atoms with Crippen molar-refractivity contribution in [2.45, 2.75) is 6.10 Å². The van der Waals surface area contributed by atoms with Crippen molar-refractivity contribution in [3.05, 3.63) is 54.2 Å². The van der Waals surface area contributed by atoms with Crippen molar-refractivity contribution in [2.24, 2.45) is 5.84 Å². The van der Waals surface area contributed by atoms with Gasteiger partial charge in [-0.25, -0.2) is 10.8 Å². The van der Waals surface area contributed by atoms with Crippen molar-refractivity contribution in [1.82, 2.24) is 4.98 Å². The van der Waals surface area contributed by atoms with E-state index in [1.165, 1.54) is 0 Å². The monoisotopic (exact) mass is 244 g/mol. The van der Waals surface area contributed by atoms with Crippen molar-refractivity contribution < 1.29 is 5.11 Å². The van der Waals surface area contributed by atoms with Crippen LogP contribution < -0.4 is 16.6 Å². The lowest BCUT2D eigenvalue weighted by atomic mass is 10.1. The first kappa shape index (κ1) is 12.3. The van der Waals surface area contributed by atoms with Gasteiger partial charge in [-0.1, -0.05) is 30.3 Å². The molecule has 18 heavy (non-hydrogen) atoms. The van der Waals surface area contributed by atoms with E-state index in [0.717, 1.165) is 11.3 Å². The molecule has 0 bridgehead atoms. The minimum absolute atomic E-state index is 0.429. The zero-order valence-electron chi connectivity index (χ0n) is 9.88. The minimum Gasteiger partial charge on any atom is -0.387 e. The topological polar surface area (TPSA) is 83.2 Å². The van der Waals surface area contributed by atoms with Gasteiger partial charge in [0.05, 0.1) is 6.10 Å². The number of nitrogens with one attached hydrogen (secondary N) is 2. The first-order valence-electron chi connectivity index (χ1n) is 5.69. The highest BCUT2D eigenvalue weighted by Gasteiger charge is 2.06. The molecule has 0 amide bonds. The van der Waals surface area contributed by atoms with E-state index < -0.39 is 6.10 Å². The molecule has 2 aromatic rings. The highest BCUT2D eigenvalue weighted by molar-refractivity contribution is 5.51. The molecule has 0 aliphatic rings. The molecule has 5 N–H and O–H groups in total. The smallest absolute Gasteiger partial charge is 0.141 e. The average Bonchev–Trinajstić information content (AvgIpc) is 2.46. The van der Waals surface area contributed by atoms with E-state index in [-0.39, 0.29) is 0 Å². The summed E-state index contributed by atoms with van der Waals surface area (Å²) in [6.07, 6.45) is 1.10. The average molecular weight is 244 g/mol. The molecular formula is C13H16N4O. The van der Waals surface area contributed by atoms with Crippen LogP contribution >= 0.6 is 0 Å². The third-order valence-electron chi connectivity index (χ3n) is 2.59. The first-order valence-corrected chi connectivity index (χ1v) is 5.69. The Labute approximate surface area is 106 Å². The van der Waals surface area contributed by atoms with Crippen LogP contribution in [0.1, 0.15) is 11.7 Å². The SMILES string of the molecule is NNc1cc(NCC(O)c2ccccc2)ccn1. The third kappa shape index (κ3) is 3.19. The number of rotatable bonds is 5. The van der Waals surface area contributed by atoms with E-state index in [2.05, 4.69) is 15.7 Å². The molecule has 1 atom stereocenters. The van der Waals surface area contributed by atoms with E-state index in [9.17, 15) is 5.11 Å². The number of aromatic nitrogens is 1. The van der Waals surface area contributed by atoms with Gasteiger partial charge in [-0.15, -0.1) is 0 Å². The number of aliphatic hydroxyl groups excluding tert-OH is 1. The normalized spacial score (nSPS) is 11.9. The summed E-state index contributed by atoms with van der Waals surface area (Å²) in [6, 6.07) is 13.1. The largest absolute Gasteiger partial charge is 0.387 e. The highest BCUT2D eigenvalue weighted by atomic mass is 16.3. The van der Waals surface area contributed by atoms with Gasteiger partial charge in [-0.3, -0.25) is 0 Å². The van der Waals surface area contributed by atoms with Crippen molar-refractivity contribution in [3.63, 3.8) is 0 Å².